The number of carbonyl (C=O) groups is 2. The molecule has 2 heterocycles. The molecule has 46 heavy (non-hydrogen) atoms. The highest BCUT2D eigenvalue weighted by molar-refractivity contribution is 5.93. The van der Waals surface area contributed by atoms with E-state index < -0.39 is 41.9 Å². The summed E-state index contributed by atoms with van der Waals surface area (Å²) in [6.45, 7) is 1.94. The van der Waals surface area contributed by atoms with Gasteiger partial charge in [0.05, 0.1) is 19.3 Å². The van der Waals surface area contributed by atoms with E-state index in [1.807, 2.05) is 6.92 Å². The highest BCUT2D eigenvalue weighted by Crippen LogP contribution is 2.47. The lowest BCUT2D eigenvalue weighted by atomic mass is 9.92. The minimum atomic E-state index is -1.70. The van der Waals surface area contributed by atoms with Gasteiger partial charge in [-0.2, -0.15) is 0 Å². The average molecular weight is 631 g/mol. The summed E-state index contributed by atoms with van der Waals surface area (Å²) in [5.41, 5.74) is 0.941. The Morgan fingerprint density at radius 3 is 2.39 bits per heavy atom. The van der Waals surface area contributed by atoms with Crippen LogP contribution in [0.3, 0.4) is 0 Å². The predicted molar refractivity (Wildman–Crippen MR) is 160 cm³/mol. The van der Waals surface area contributed by atoms with E-state index in [0.29, 0.717) is 23.5 Å². The largest absolute Gasteiger partial charge is 0.508 e. The van der Waals surface area contributed by atoms with Gasteiger partial charge in [-0.15, -0.1) is 0 Å². The first-order chi connectivity index (χ1) is 22.2. The van der Waals surface area contributed by atoms with Crippen molar-refractivity contribution in [3.63, 3.8) is 0 Å². The number of rotatable bonds is 8. The van der Waals surface area contributed by atoms with E-state index >= 15 is 0 Å². The van der Waals surface area contributed by atoms with Gasteiger partial charge in [-0.25, -0.2) is 4.79 Å². The predicted octanol–water partition coefficient (Wildman–Crippen LogP) is 4.69. The summed E-state index contributed by atoms with van der Waals surface area (Å²) in [6, 6.07) is 18.1. The molecular formula is C34H30O12. The summed E-state index contributed by atoms with van der Waals surface area (Å²) >= 11 is 0. The van der Waals surface area contributed by atoms with Crippen LogP contribution in [0, 0.1) is 0 Å². The Morgan fingerprint density at radius 2 is 1.61 bits per heavy atom. The maximum Gasteiger partial charge on any atom is 0.342 e. The third-order valence-corrected chi connectivity index (χ3v) is 7.61. The van der Waals surface area contributed by atoms with Gasteiger partial charge in [0.25, 0.3) is 0 Å². The number of aliphatic hydroxyl groups is 1. The van der Waals surface area contributed by atoms with Gasteiger partial charge in [-0.1, -0.05) is 24.3 Å². The lowest BCUT2D eigenvalue weighted by Crippen LogP contribution is -2.38. The molecule has 0 aliphatic carbocycles. The van der Waals surface area contributed by atoms with Crippen molar-refractivity contribution in [3.8, 4) is 46.0 Å². The van der Waals surface area contributed by atoms with Crippen molar-refractivity contribution >= 4 is 11.8 Å². The van der Waals surface area contributed by atoms with Crippen molar-refractivity contribution in [2.45, 2.75) is 31.3 Å². The molecule has 12 heteroatoms. The number of phenolic OH excluding ortho intramolecular Hbond substituents is 3. The number of ketones is 1. The summed E-state index contributed by atoms with van der Waals surface area (Å²) in [6.07, 6.45) is -4.74. The van der Waals surface area contributed by atoms with Crippen LogP contribution in [-0.4, -0.2) is 58.6 Å². The van der Waals surface area contributed by atoms with Crippen molar-refractivity contribution in [3.05, 3.63) is 95.1 Å². The minimum Gasteiger partial charge on any atom is -0.508 e. The smallest absolute Gasteiger partial charge is 0.342 e. The van der Waals surface area contributed by atoms with Crippen molar-refractivity contribution < 1.29 is 58.4 Å². The molecule has 0 spiro atoms. The van der Waals surface area contributed by atoms with Crippen LogP contribution in [0.4, 0.5) is 0 Å². The summed E-state index contributed by atoms with van der Waals surface area (Å²) in [5, 5.41) is 41.0. The van der Waals surface area contributed by atoms with Crippen LogP contribution in [0.25, 0.3) is 0 Å². The Balaban J connectivity index is 1.31. The van der Waals surface area contributed by atoms with E-state index in [0.717, 1.165) is 6.07 Å². The number of fused-ring (bicyclic) bond motifs is 2. The molecule has 4 N–H and O–H groups in total. The van der Waals surface area contributed by atoms with Crippen LogP contribution in [0.15, 0.2) is 72.8 Å². The van der Waals surface area contributed by atoms with Crippen molar-refractivity contribution in [1.29, 1.82) is 0 Å². The molecule has 0 aromatic heterocycles. The number of aliphatic hydroxyl groups excluding tert-OH is 1. The number of benzene rings is 4. The molecule has 238 valence electrons. The fraction of sp³-hybridized carbons (Fsp3) is 0.235. The van der Waals surface area contributed by atoms with E-state index in [4.69, 9.17) is 28.4 Å². The fourth-order valence-electron chi connectivity index (χ4n) is 5.42. The number of methoxy groups -OCH3 is 1. The Hall–Kier alpha value is -5.62. The number of para-hydroxylation sites is 1. The molecule has 2 aliphatic heterocycles. The molecule has 0 radical (unpaired) electrons. The van der Waals surface area contributed by atoms with Crippen LogP contribution in [-0.2, 0) is 9.53 Å². The maximum atomic E-state index is 13.1. The quantitative estimate of drug-likeness (QED) is 0.199. The number of phenols is 3. The topological polar surface area (TPSA) is 170 Å². The first-order valence-corrected chi connectivity index (χ1v) is 14.4. The van der Waals surface area contributed by atoms with Gasteiger partial charge < -0.3 is 48.8 Å². The third-order valence-electron chi connectivity index (χ3n) is 7.61. The van der Waals surface area contributed by atoms with Crippen molar-refractivity contribution in [1.82, 2.24) is 0 Å². The molecule has 6 rings (SSSR count). The molecule has 2 aliphatic rings. The van der Waals surface area contributed by atoms with Crippen LogP contribution in [0.2, 0.25) is 0 Å². The fourth-order valence-corrected chi connectivity index (χ4v) is 5.42. The van der Waals surface area contributed by atoms with E-state index in [1.54, 1.807) is 48.5 Å². The second-order valence-corrected chi connectivity index (χ2v) is 10.5. The van der Waals surface area contributed by atoms with Crippen LogP contribution < -0.4 is 23.7 Å². The number of carbonyl (C=O) groups excluding carboxylic acids is 2. The van der Waals surface area contributed by atoms with Crippen molar-refractivity contribution in [2.24, 2.45) is 0 Å². The summed E-state index contributed by atoms with van der Waals surface area (Å²) in [4.78, 5) is 26.2. The highest BCUT2D eigenvalue weighted by Gasteiger charge is 2.41. The Kier molecular flexibility index (Phi) is 8.20. The van der Waals surface area contributed by atoms with Gasteiger partial charge in [0, 0.05) is 23.3 Å². The summed E-state index contributed by atoms with van der Waals surface area (Å²) < 4.78 is 35.0. The lowest BCUT2D eigenvalue weighted by molar-refractivity contribution is -0.137. The molecule has 4 unspecified atom stereocenters. The van der Waals surface area contributed by atoms with Gasteiger partial charge in [-0.3, -0.25) is 4.79 Å². The van der Waals surface area contributed by atoms with Crippen LogP contribution >= 0.6 is 0 Å². The third kappa shape index (κ3) is 5.66. The van der Waals surface area contributed by atoms with E-state index in [2.05, 4.69) is 0 Å². The molecule has 12 nitrogen and oxygen atoms in total. The molecular weight excluding hydrogens is 600 g/mol. The number of ether oxygens (including phenoxy) is 6. The Bertz CT molecular complexity index is 1800. The van der Waals surface area contributed by atoms with Gasteiger partial charge in [0.2, 0.25) is 5.78 Å². The zero-order chi connectivity index (χ0) is 32.5. The molecule has 4 atom stereocenters. The monoisotopic (exact) mass is 630 g/mol. The van der Waals surface area contributed by atoms with Crippen molar-refractivity contribution in [2.75, 3.05) is 20.3 Å². The van der Waals surface area contributed by atoms with E-state index in [9.17, 15) is 30.0 Å². The average Bonchev–Trinajstić information content (AvgIpc) is 3.05. The summed E-state index contributed by atoms with van der Waals surface area (Å²) in [7, 11) is 1.40. The zero-order valence-corrected chi connectivity index (χ0v) is 24.7. The van der Waals surface area contributed by atoms with Gasteiger partial charge in [0.1, 0.15) is 41.3 Å². The Morgan fingerprint density at radius 1 is 0.826 bits per heavy atom. The second kappa shape index (κ2) is 12.4. The molecule has 4 aromatic carbocycles. The normalized spacial score (nSPS) is 19.8. The molecule has 4 aromatic rings. The minimum absolute atomic E-state index is 0.0497. The standard InChI is InChI=1S/C34H30O12/c1-3-42-23-7-5-4-6-20(23)34(40)43-16-28-32(17-8-10-21(36)25(12-17)41-2)45-26-13-18(9-11-24(26)44-28)33-31(39)30(38)29-22(37)14-19(35)15-27(29)46-33/h4-15,28,30,32-33,35-38H,3,16H2,1-2H3. The van der Waals surface area contributed by atoms with Gasteiger partial charge >= 0.3 is 5.97 Å². The molecule has 0 saturated carbocycles. The number of Topliss-reactive ketones (excluding diaryl/α,β-unsaturated/α-hetero) is 1. The SMILES string of the molecule is CCOc1ccccc1C(=O)OCC1Oc2ccc(C3Oc4cc(O)cc(O)c4C(O)C3=O)cc2OC1c1ccc(O)c(OC)c1. The van der Waals surface area contributed by atoms with E-state index in [1.165, 1.54) is 25.3 Å². The number of hydrogen-bond acceptors (Lipinski definition) is 12. The number of aromatic hydroxyl groups is 3. The molecule has 0 fully saturated rings. The lowest BCUT2D eigenvalue weighted by Gasteiger charge is -2.35. The molecule has 0 saturated heterocycles. The first kappa shape index (κ1) is 30.4. The molecule has 0 amide bonds. The zero-order valence-electron chi connectivity index (χ0n) is 24.7. The first-order valence-electron chi connectivity index (χ1n) is 14.4. The van der Waals surface area contributed by atoms with E-state index in [-0.39, 0.29) is 52.2 Å². The van der Waals surface area contributed by atoms with Gasteiger partial charge in [0.15, 0.2) is 41.3 Å². The highest BCUT2D eigenvalue weighted by atomic mass is 16.6. The maximum absolute atomic E-state index is 13.1. The molecule has 0 bridgehead atoms. The van der Waals surface area contributed by atoms with Crippen LogP contribution in [0.1, 0.15) is 52.3 Å². The number of hydrogen-bond donors (Lipinski definition) is 4. The van der Waals surface area contributed by atoms with Crippen LogP contribution in [0.5, 0.6) is 46.0 Å². The second-order valence-electron chi connectivity index (χ2n) is 10.5. The van der Waals surface area contributed by atoms with Gasteiger partial charge in [-0.05, 0) is 43.3 Å². The summed E-state index contributed by atoms with van der Waals surface area (Å²) in [5.74, 6) is -1.22. The number of esters is 1. The Labute approximate surface area is 262 Å².